The molecule has 222 valence electrons. The number of benzene rings is 2. The third-order valence-corrected chi connectivity index (χ3v) is 8.75. The number of carbonyl (C=O) groups excluding carboxylic acids is 2. The lowest BCUT2D eigenvalue weighted by molar-refractivity contribution is 0.0204. The number of piperidine rings is 1. The Bertz CT molecular complexity index is 1700. The zero-order valence-electron chi connectivity index (χ0n) is 24.6. The molecule has 0 saturated carbocycles. The fourth-order valence-corrected chi connectivity index (χ4v) is 6.51. The quantitative estimate of drug-likeness (QED) is 0.208. The Hall–Kier alpha value is -4.17. The number of allylic oxidation sites excluding steroid dienone is 1. The minimum atomic E-state index is -4.35. The molecule has 2 heterocycles. The fraction of sp³-hybridized carbons (Fsp3) is 0.387. The van der Waals surface area contributed by atoms with Crippen LogP contribution in [-0.4, -0.2) is 66.9 Å². The third-order valence-electron chi connectivity index (χ3n) is 7.01. The van der Waals surface area contributed by atoms with Gasteiger partial charge in [-0.2, -0.15) is 5.26 Å². The zero-order valence-corrected chi connectivity index (χ0v) is 25.5. The molecule has 1 saturated heterocycles. The molecule has 0 N–H and O–H groups in total. The number of rotatable bonds is 6. The van der Waals surface area contributed by atoms with Crippen LogP contribution >= 0.6 is 0 Å². The number of nitriles is 1. The van der Waals surface area contributed by atoms with Crippen molar-refractivity contribution in [2.24, 2.45) is 0 Å². The maximum Gasteiger partial charge on any atom is 0.410 e. The van der Waals surface area contributed by atoms with Crippen molar-refractivity contribution in [3.8, 4) is 6.07 Å². The van der Waals surface area contributed by atoms with E-state index in [2.05, 4.69) is 0 Å². The van der Waals surface area contributed by atoms with Gasteiger partial charge in [0, 0.05) is 38.8 Å². The molecular formula is C31H35FN4O5S. The van der Waals surface area contributed by atoms with E-state index in [0.717, 1.165) is 15.6 Å². The molecule has 1 aromatic heterocycles. The summed E-state index contributed by atoms with van der Waals surface area (Å²) in [5.74, 6) is -1.64. The van der Waals surface area contributed by atoms with E-state index in [1.165, 1.54) is 29.3 Å². The average molecular weight is 595 g/mol. The number of aromatic nitrogens is 1. The summed E-state index contributed by atoms with van der Waals surface area (Å²) >= 11 is 0. The Morgan fingerprint density at radius 1 is 1.10 bits per heavy atom. The Kier molecular flexibility index (Phi) is 8.51. The first-order chi connectivity index (χ1) is 19.6. The number of Topliss-reactive ketones (excluding diaryl/α,β-unsaturated/α-hetero) is 1. The van der Waals surface area contributed by atoms with Crippen LogP contribution in [0.4, 0.5) is 9.18 Å². The number of ketones is 1. The van der Waals surface area contributed by atoms with Crippen molar-refractivity contribution < 1.29 is 27.1 Å². The molecule has 0 spiro atoms. The number of amides is 1. The Balaban J connectivity index is 1.80. The van der Waals surface area contributed by atoms with Crippen molar-refractivity contribution in [2.45, 2.75) is 57.0 Å². The van der Waals surface area contributed by atoms with E-state index in [0.29, 0.717) is 36.9 Å². The molecule has 0 atom stereocenters. The lowest BCUT2D eigenvalue weighted by Gasteiger charge is -2.33. The van der Waals surface area contributed by atoms with Crippen LogP contribution in [0.3, 0.4) is 0 Å². The number of aryl methyl sites for hydroxylation is 1. The number of hydrogen-bond acceptors (Lipinski definition) is 7. The molecule has 0 unspecified atom stereocenters. The first kappa shape index (κ1) is 30.8. The van der Waals surface area contributed by atoms with Crippen molar-refractivity contribution >= 4 is 32.8 Å². The number of ether oxygens (including phenoxy) is 1. The molecule has 3 aromatic rings. The minimum Gasteiger partial charge on any atom is -0.444 e. The van der Waals surface area contributed by atoms with Gasteiger partial charge in [-0.3, -0.25) is 4.79 Å². The molecule has 42 heavy (non-hydrogen) atoms. The molecule has 2 aromatic carbocycles. The van der Waals surface area contributed by atoms with Gasteiger partial charge in [0.1, 0.15) is 28.8 Å². The van der Waals surface area contributed by atoms with Crippen molar-refractivity contribution in [1.82, 2.24) is 13.8 Å². The van der Waals surface area contributed by atoms with Crippen LogP contribution in [0.25, 0.3) is 10.9 Å². The summed E-state index contributed by atoms with van der Waals surface area (Å²) in [6.07, 6.45) is 1.87. The van der Waals surface area contributed by atoms with Crippen LogP contribution < -0.4 is 0 Å². The number of fused-ring (bicyclic) bond motifs is 1. The zero-order chi connectivity index (χ0) is 31.0. The van der Waals surface area contributed by atoms with Crippen LogP contribution in [0.1, 0.15) is 61.1 Å². The second-order valence-electron chi connectivity index (χ2n) is 11.7. The monoisotopic (exact) mass is 594 g/mol. The highest BCUT2D eigenvalue weighted by molar-refractivity contribution is 7.90. The van der Waals surface area contributed by atoms with Gasteiger partial charge >= 0.3 is 6.09 Å². The van der Waals surface area contributed by atoms with Crippen LogP contribution in [0.15, 0.2) is 59.1 Å². The topological polar surface area (TPSA) is 113 Å². The normalized spacial score (nSPS) is 15.0. The minimum absolute atomic E-state index is 0.00601. The SMILES string of the molecule is Cc1ccc(S(=O)(=O)n2c(C(=O)/C(C#N)=C/N(C)C)cc3cc(C4CCN(C(=O)OC(C)(C)C)CC4)c(F)cc32)cc1. The Morgan fingerprint density at radius 2 is 1.71 bits per heavy atom. The van der Waals surface area contributed by atoms with Gasteiger partial charge in [0.15, 0.2) is 0 Å². The second kappa shape index (κ2) is 11.6. The van der Waals surface area contributed by atoms with Crippen molar-refractivity contribution in [1.29, 1.82) is 5.26 Å². The predicted octanol–water partition coefficient (Wildman–Crippen LogP) is 5.59. The van der Waals surface area contributed by atoms with Gasteiger partial charge < -0.3 is 14.5 Å². The lowest BCUT2D eigenvalue weighted by atomic mass is 9.88. The molecule has 9 nitrogen and oxygen atoms in total. The summed E-state index contributed by atoms with van der Waals surface area (Å²) in [7, 11) is -1.07. The standard InChI is InChI=1S/C31H35FN4O5S/c1-20-7-9-24(10-8-20)42(39,40)36-27-17-26(32)25(21-11-13-35(14-12-21)30(38)41-31(2,3)4)15-22(27)16-28(36)29(37)23(18-33)19-34(5)6/h7-10,15-17,19,21H,11-14H2,1-6H3/b23-19+. The Labute approximate surface area is 245 Å². The van der Waals surface area contributed by atoms with Crippen molar-refractivity contribution in [2.75, 3.05) is 27.2 Å². The average Bonchev–Trinajstić information content (AvgIpc) is 3.29. The van der Waals surface area contributed by atoms with Gasteiger partial charge in [-0.05, 0) is 82.3 Å². The maximum atomic E-state index is 15.7. The molecule has 0 bridgehead atoms. The molecule has 11 heteroatoms. The van der Waals surface area contributed by atoms with Crippen molar-refractivity contribution in [3.05, 3.63) is 76.9 Å². The van der Waals surface area contributed by atoms with Gasteiger partial charge in [0.2, 0.25) is 5.78 Å². The van der Waals surface area contributed by atoms with E-state index < -0.39 is 33.3 Å². The van der Waals surface area contributed by atoms with Gasteiger partial charge in [0.05, 0.1) is 10.4 Å². The second-order valence-corrected chi connectivity index (χ2v) is 13.5. The van der Waals surface area contributed by atoms with Gasteiger partial charge in [-0.25, -0.2) is 21.6 Å². The molecule has 1 fully saturated rings. The molecular weight excluding hydrogens is 559 g/mol. The smallest absolute Gasteiger partial charge is 0.410 e. The number of halogens is 1. The summed E-state index contributed by atoms with van der Waals surface area (Å²) in [6, 6.07) is 12.1. The first-order valence-electron chi connectivity index (χ1n) is 13.6. The molecule has 1 amide bonds. The van der Waals surface area contributed by atoms with Crippen LogP contribution in [0, 0.1) is 24.1 Å². The van der Waals surface area contributed by atoms with Crippen LogP contribution in [-0.2, 0) is 14.8 Å². The van der Waals surface area contributed by atoms with E-state index in [4.69, 9.17) is 4.74 Å². The van der Waals surface area contributed by atoms with E-state index in [-0.39, 0.29) is 27.6 Å². The number of hydrogen-bond donors (Lipinski definition) is 0. The highest BCUT2D eigenvalue weighted by Crippen LogP contribution is 2.35. The largest absolute Gasteiger partial charge is 0.444 e. The van der Waals surface area contributed by atoms with Gasteiger partial charge in [-0.15, -0.1) is 0 Å². The summed E-state index contributed by atoms with van der Waals surface area (Å²) < 4.78 is 49.8. The van der Waals surface area contributed by atoms with Crippen molar-refractivity contribution in [3.63, 3.8) is 0 Å². The maximum absolute atomic E-state index is 15.7. The highest BCUT2D eigenvalue weighted by atomic mass is 32.2. The Morgan fingerprint density at radius 3 is 2.26 bits per heavy atom. The van der Waals surface area contributed by atoms with E-state index in [9.17, 15) is 23.3 Å². The van der Waals surface area contributed by atoms with Crippen LogP contribution in [0.2, 0.25) is 0 Å². The molecule has 0 aliphatic carbocycles. The van der Waals surface area contributed by atoms with E-state index in [1.54, 1.807) is 58.0 Å². The lowest BCUT2D eigenvalue weighted by Crippen LogP contribution is -2.41. The molecule has 4 rings (SSSR count). The molecule has 1 aliphatic heterocycles. The first-order valence-corrected chi connectivity index (χ1v) is 15.0. The van der Waals surface area contributed by atoms with E-state index >= 15 is 4.39 Å². The molecule has 0 radical (unpaired) electrons. The third kappa shape index (κ3) is 6.34. The molecule has 1 aliphatic rings. The van der Waals surface area contributed by atoms with Gasteiger partial charge in [-0.1, -0.05) is 17.7 Å². The summed E-state index contributed by atoms with van der Waals surface area (Å²) in [4.78, 5) is 29.1. The predicted molar refractivity (Wildman–Crippen MR) is 157 cm³/mol. The summed E-state index contributed by atoms with van der Waals surface area (Å²) in [5.41, 5.74) is 0.0547. The number of likely N-dealkylation sites (tertiary alicyclic amines) is 1. The highest BCUT2D eigenvalue weighted by Gasteiger charge is 2.32. The summed E-state index contributed by atoms with van der Waals surface area (Å²) in [6.45, 7) is 7.96. The van der Waals surface area contributed by atoms with Gasteiger partial charge in [0.25, 0.3) is 10.0 Å². The van der Waals surface area contributed by atoms with E-state index in [1.807, 2.05) is 13.0 Å². The number of carbonyl (C=O) groups is 2. The number of nitrogens with zero attached hydrogens (tertiary/aromatic N) is 4. The van der Waals surface area contributed by atoms with Crippen LogP contribution in [0.5, 0.6) is 0 Å². The fourth-order valence-electron chi connectivity index (χ4n) is 5.00. The summed E-state index contributed by atoms with van der Waals surface area (Å²) in [5, 5.41) is 10.0.